The van der Waals surface area contributed by atoms with E-state index in [1.54, 1.807) is 0 Å². The van der Waals surface area contributed by atoms with Gasteiger partial charge in [-0.2, -0.15) is 0 Å². The molecule has 0 unspecified atom stereocenters. The lowest BCUT2D eigenvalue weighted by atomic mass is 10.2. The first-order chi connectivity index (χ1) is 5.47. The molecule has 1 aliphatic carbocycles. The van der Waals surface area contributed by atoms with Crippen molar-refractivity contribution >= 4 is 12.1 Å². The zero-order valence-corrected chi connectivity index (χ0v) is 7.70. The third-order valence-corrected chi connectivity index (χ3v) is 3.62. The van der Waals surface area contributed by atoms with Crippen LogP contribution in [0.2, 0.25) is 0 Å². The first kappa shape index (κ1) is 7.90. The van der Waals surface area contributed by atoms with Gasteiger partial charge >= 0.3 is 0 Å². The van der Waals surface area contributed by atoms with Gasteiger partial charge < -0.3 is 0 Å². The lowest BCUT2D eigenvalue weighted by Crippen LogP contribution is -2.36. The molecule has 0 spiro atoms. The Morgan fingerprint density at radius 3 is 2.64 bits per heavy atom. The van der Waals surface area contributed by atoms with Crippen LogP contribution in [0.15, 0.2) is 0 Å². The third kappa shape index (κ3) is 1.89. The van der Waals surface area contributed by atoms with E-state index < -0.39 is 0 Å². The van der Waals surface area contributed by atoms with Crippen LogP contribution >= 0.6 is 12.1 Å². The van der Waals surface area contributed by atoms with Gasteiger partial charge in [-0.3, -0.25) is 4.72 Å². The molecule has 0 bridgehead atoms. The summed E-state index contributed by atoms with van der Waals surface area (Å²) in [5.74, 6) is 0. The fourth-order valence-corrected chi connectivity index (χ4v) is 2.91. The number of hydrogen-bond donors (Lipinski definition) is 1. The average Bonchev–Trinajstić information content (AvgIpc) is 2.58. The van der Waals surface area contributed by atoms with Crippen LogP contribution in [0, 0.1) is 0 Å². The largest absolute Gasteiger partial charge is 0.251 e. The number of rotatable bonds is 1. The molecule has 1 saturated heterocycles. The number of nitrogens with zero attached hydrogens (tertiary/aromatic N) is 1. The predicted molar refractivity (Wildman–Crippen MR) is 49.2 cm³/mol. The molecule has 0 atom stereocenters. The zero-order chi connectivity index (χ0) is 7.52. The van der Waals surface area contributed by atoms with Crippen molar-refractivity contribution in [3.8, 4) is 0 Å². The number of nitrogens with one attached hydrogen (secondary N) is 1. The third-order valence-electron chi connectivity index (χ3n) is 2.57. The van der Waals surface area contributed by atoms with Crippen LogP contribution in [0.5, 0.6) is 0 Å². The Labute approximate surface area is 73.0 Å². The Morgan fingerprint density at radius 1 is 1.18 bits per heavy atom. The van der Waals surface area contributed by atoms with Gasteiger partial charge in [-0.15, -0.1) is 0 Å². The molecule has 1 N–H and O–H groups in total. The molecule has 2 aliphatic rings. The molecule has 2 nitrogen and oxygen atoms in total. The molecule has 3 heteroatoms. The molecular weight excluding hydrogens is 156 g/mol. The van der Waals surface area contributed by atoms with E-state index in [0.29, 0.717) is 0 Å². The SMILES string of the molecule is C1CCC(N2CCCNS2)C1. The lowest BCUT2D eigenvalue weighted by Gasteiger charge is -2.30. The maximum Gasteiger partial charge on any atom is 0.0214 e. The minimum absolute atomic E-state index is 0.882. The van der Waals surface area contributed by atoms with E-state index in [9.17, 15) is 0 Å². The summed E-state index contributed by atoms with van der Waals surface area (Å²) in [6.45, 7) is 2.48. The minimum atomic E-state index is 0.882. The van der Waals surface area contributed by atoms with Crippen LogP contribution in [0.4, 0.5) is 0 Å². The maximum atomic E-state index is 3.35. The van der Waals surface area contributed by atoms with E-state index in [2.05, 4.69) is 9.03 Å². The highest BCUT2D eigenvalue weighted by Gasteiger charge is 2.24. The molecule has 2 rings (SSSR count). The van der Waals surface area contributed by atoms with Gasteiger partial charge in [0.05, 0.1) is 0 Å². The Kier molecular flexibility index (Phi) is 2.72. The van der Waals surface area contributed by atoms with Crippen molar-refractivity contribution in [1.29, 1.82) is 0 Å². The normalized spacial score (nSPS) is 29.5. The Bertz CT molecular complexity index is 117. The van der Waals surface area contributed by atoms with E-state index in [1.807, 2.05) is 12.1 Å². The van der Waals surface area contributed by atoms with Crippen LogP contribution < -0.4 is 4.72 Å². The molecule has 1 aliphatic heterocycles. The van der Waals surface area contributed by atoms with Crippen molar-refractivity contribution in [3.05, 3.63) is 0 Å². The standard InChI is InChI=1S/C8H16N2S/c1-2-5-8(4-1)10-7-3-6-9-11-10/h8-9H,1-7H2. The van der Waals surface area contributed by atoms with Crippen LogP contribution in [0.3, 0.4) is 0 Å². The fraction of sp³-hybridized carbons (Fsp3) is 1.00. The average molecular weight is 172 g/mol. The first-order valence-electron chi connectivity index (χ1n) is 4.63. The second kappa shape index (κ2) is 3.78. The van der Waals surface area contributed by atoms with E-state index >= 15 is 0 Å². The summed E-state index contributed by atoms with van der Waals surface area (Å²) in [5.41, 5.74) is 0. The molecule has 11 heavy (non-hydrogen) atoms. The second-order valence-corrected chi connectivity index (χ2v) is 4.36. The van der Waals surface area contributed by atoms with Gasteiger partial charge in [-0.25, -0.2) is 4.31 Å². The monoisotopic (exact) mass is 172 g/mol. The van der Waals surface area contributed by atoms with Crippen molar-refractivity contribution in [1.82, 2.24) is 9.03 Å². The van der Waals surface area contributed by atoms with E-state index in [0.717, 1.165) is 6.04 Å². The van der Waals surface area contributed by atoms with Crippen molar-refractivity contribution in [2.75, 3.05) is 13.1 Å². The van der Waals surface area contributed by atoms with Crippen LogP contribution in [0.25, 0.3) is 0 Å². The zero-order valence-electron chi connectivity index (χ0n) is 6.88. The van der Waals surface area contributed by atoms with Crippen molar-refractivity contribution in [3.63, 3.8) is 0 Å². The summed E-state index contributed by atoms with van der Waals surface area (Å²) < 4.78 is 5.89. The quantitative estimate of drug-likeness (QED) is 0.607. The van der Waals surface area contributed by atoms with E-state index in [4.69, 9.17) is 0 Å². The van der Waals surface area contributed by atoms with Gasteiger partial charge in [0.25, 0.3) is 0 Å². The molecule has 2 fully saturated rings. The van der Waals surface area contributed by atoms with Gasteiger partial charge in [0.2, 0.25) is 0 Å². The molecule has 0 radical (unpaired) electrons. The molecule has 64 valence electrons. The van der Waals surface area contributed by atoms with Gasteiger partial charge in [0.15, 0.2) is 0 Å². The van der Waals surface area contributed by atoms with E-state index in [-0.39, 0.29) is 0 Å². The summed E-state index contributed by atoms with van der Waals surface area (Å²) in [6, 6.07) is 0.882. The summed E-state index contributed by atoms with van der Waals surface area (Å²) >= 11 is 1.84. The number of hydrogen-bond acceptors (Lipinski definition) is 3. The Hall–Kier alpha value is 0.270. The van der Waals surface area contributed by atoms with Crippen LogP contribution in [-0.2, 0) is 0 Å². The summed E-state index contributed by atoms with van der Waals surface area (Å²) in [6.07, 6.45) is 7.07. The maximum absolute atomic E-state index is 3.35. The van der Waals surface area contributed by atoms with Crippen molar-refractivity contribution in [2.24, 2.45) is 0 Å². The fourth-order valence-electron chi connectivity index (χ4n) is 1.93. The molecule has 0 aromatic heterocycles. The van der Waals surface area contributed by atoms with Crippen LogP contribution in [0.1, 0.15) is 32.1 Å². The summed E-state index contributed by atoms with van der Waals surface area (Å²) in [7, 11) is 0. The van der Waals surface area contributed by atoms with Crippen molar-refractivity contribution in [2.45, 2.75) is 38.1 Å². The lowest BCUT2D eigenvalue weighted by molar-refractivity contribution is 0.338. The molecule has 0 aromatic carbocycles. The Morgan fingerprint density at radius 2 is 2.00 bits per heavy atom. The highest BCUT2D eigenvalue weighted by atomic mass is 32.2. The second-order valence-electron chi connectivity index (χ2n) is 3.42. The highest BCUT2D eigenvalue weighted by molar-refractivity contribution is 7.95. The van der Waals surface area contributed by atoms with Gasteiger partial charge in [0, 0.05) is 31.3 Å². The van der Waals surface area contributed by atoms with Gasteiger partial charge in [-0.1, -0.05) is 12.8 Å². The summed E-state index contributed by atoms with van der Waals surface area (Å²) in [5, 5.41) is 0. The summed E-state index contributed by atoms with van der Waals surface area (Å²) in [4.78, 5) is 0. The van der Waals surface area contributed by atoms with E-state index in [1.165, 1.54) is 45.2 Å². The van der Waals surface area contributed by atoms with Gasteiger partial charge in [0.1, 0.15) is 0 Å². The predicted octanol–water partition coefficient (Wildman–Crippen LogP) is 1.79. The molecular formula is C8H16N2S. The molecule has 1 saturated carbocycles. The minimum Gasteiger partial charge on any atom is -0.251 e. The molecule has 0 aromatic rings. The van der Waals surface area contributed by atoms with Crippen molar-refractivity contribution < 1.29 is 0 Å². The molecule has 0 amide bonds. The van der Waals surface area contributed by atoms with Gasteiger partial charge in [-0.05, 0) is 19.3 Å². The smallest absolute Gasteiger partial charge is 0.0214 e. The molecule has 1 heterocycles. The first-order valence-corrected chi connectivity index (χ1v) is 5.40. The Balaban J connectivity index is 1.82. The van der Waals surface area contributed by atoms with Crippen LogP contribution in [-0.4, -0.2) is 23.4 Å². The topological polar surface area (TPSA) is 15.3 Å². The highest BCUT2D eigenvalue weighted by Crippen LogP contribution is 2.28.